The molecule has 1 atom stereocenters. The molecule has 0 aromatic heterocycles. The molecule has 142 valence electrons. The summed E-state index contributed by atoms with van der Waals surface area (Å²) in [5.74, 6) is -0.542. The third kappa shape index (κ3) is 4.55. The molecule has 0 bridgehead atoms. The van der Waals surface area contributed by atoms with Crippen molar-refractivity contribution in [3.05, 3.63) is 54.3 Å². The number of para-hydroxylation sites is 3. The van der Waals surface area contributed by atoms with Gasteiger partial charge in [-0.05, 0) is 30.7 Å². The van der Waals surface area contributed by atoms with E-state index >= 15 is 0 Å². The maximum absolute atomic E-state index is 13.8. The summed E-state index contributed by atoms with van der Waals surface area (Å²) in [7, 11) is 0. The van der Waals surface area contributed by atoms with Crippen molar-refractivity contribution in [1.29, 1.82) is 0 Å². The molecule has 7 heteroatoms. The molecule has 1 unspecified atom stereocenters. The van der Waals surface area contributed by atoms with Gasteiger partial charge in [0.1, 0.15) is 11.6 Å². The molecule has 2 amide bonds. The van der Waals surface area contributed by atoms with Gasteiger partial charge < -0.3 is 20.3 Å². The quantitative estimate of drug-likeness (QED) is 0.819. The fourth-order valence-electron chi connectivity index (χ4n) is 2.88. The Balaban J connectivity index is 1.73. The Hall–Kier alpha value is -3.09. The van der Waals surface area contributed by atoms with Gasteiger partial charge in [0.05, 0.1) is 24.5 Å². The van der Waals surface area contributed by atoms with Crippen molar-refractivity contribution in [2.75, 3.05) is 29.9 Å². The Labute approximate surface area is 157 Å². The Morgan fingerprint density at radius 3 is 2.70 bits per heavy atom. The minimum Gasteiger partial charge on any atom is -0.477 e. The van der Waals surface area contributed by atoms with Crippen LogP contribution in [0.25, 0.3) is 0 Å². The zero-order valence-corrected chi connectivity index (χ0v) is 15.1. The Morgan fingerprint density at radius 1 is 1.19 bits per heavy atom. The van der Waals surface area contributed by atoms with Gasteiger partial charge >= 0.3 is 0 Å². The van der Waals surface area contributed by atoms with Crippen LogP contribution in [0.15, 0.2) is 48.5 Å². The molecule has 0 aliphatic carbocycles. The summed E-state index contributed by atoms with van der Waals surface area (Å²) in [4.78, 5) is 26.5. The second kappa shape index (κ2) is 8.53. The van der Waals surface area contributed by atoms with Crippen LogP contribution in [0.5, 0.6) is 5.75 Å². The van der Waals surface area contributed by atoms with Crippen molar-refractivity contribution in [3.8, 4) is 5.75 Å². The third-order valence-electron chi connectivity index (χ3n) is 4.19. The highest BCUT2D eigenvalue weighted by Gasteiger charge is 2.31. The van der Waals surface area contributed by atoms with Crippen LogP contribution in [0.3, 0.4) is 0 Å². The van der Waals surface area contributed by atoms with Crippen molar-refractivity contribution in [3.63, 3.8) is 0 Å². The molecule has 2 N–H and O–H groups in total. The highest BCUT2D eigenvalue weighted by molar-refractivity contribution is 5.95. The molecule has 2 aromatic rings. The first kappa shape index (κ1) is 18.7. The first-order valence-electron chi connectivity index (χ1n) is 8.91. The molecule has 0 radical (unpaired) electrons. The van der Waals surface area contributed by atoms with Gasteiger partial charge in [0.25, 0.3) is 5.91 Å². The van der Waals surface area contributed by atoms with E-state index in [-0.39, 0.29) is 30.6 Å². The summed E-state index contributed by atoms with van der Waals surface area (Å²) >= 11 is 0. The number of ether oxygens (including phenoxy) is 1. The smallest absolute Gasteiger partial charge is 0.262 e. The lowest BCUT2D eigenvalue weighted by Gasteiger charge is -2.35. The van der Waals surface area contributed by atoms with E-state index in [1.54, 1.807) is 23.1 Å². The number of carbonyl (C=O) groups is 2. The summed E-state index contributed by atoms with van der Waals surface area (Å²) in [6.07, 6.45) is 0.108. The van der Waals surface area contributed by atoms with E-state index in [0.29, 0.717) is 12.3 Å². The zero-order chi connectivity index (χ0) is 19.2. The van der Waals surface area contributed by atoms with E-state index in [1.807, 2.05) is 25.1 Å². The maximum Gasteiger partial charge on any atom is 0.262 e. The fourth-order valence-corrected chi connectivity index (χ4v) is 2.88. The average molecular weight is 371 g/mol. The number of hydrogen-bond acceptors (Lipinski definition) is 4. The van der Waals surface area contributed by atoms with Gasteiger partial charge in [0.15, 0.2) is 6.10 Å². The molecular formula is C20H22FN3O3. The average Bonchev–Trinajstić information content (AvgIpc) is 2.67. The van der Waals surface area contributed by atoms with Crippen LogP contribution in [-0.4, -0.2) is 37.6 Å². The number of hydrogen-bond donors (Lipinski definition) is 2. The van der Waals surface area contributed by atoms with Crippen LogP contribution in [0.1, 0.15) is 13.3 Å². The molecule has 0 fully saturated rings. The predicted octanol–water partition coefficient (Wildman–Crippen LogP) is 2.56. The van der Waals surface area contributed by atoms with Gasteiger partial charge in [-0.25, -0.2) is 4.39 Å². The SMILES string of the molecule is CCCNC(=O)C1CN(CC(=O)Nc2ccccc2F)c2ccccc2O1. The maximum atomic E-state index is 13.8. The largest absolute Gasteiger partial charge is 0.477 e. The van der Waals surface area contributed by atoms with E-state index in [9.17, 15) is 14.0 Å². The monoisotopic (exact) mass is 371 g/mol. The molecule has 1 heterocycles. The number of benzene rings is 2. The van der Waals surface area contributed by atoms with Crippen LogP contribution in [0.4, 0.5) is 15.8 Å². The number of nitrogens with one attached hydrogen (secondary N) is 2. The lowest BCUT2D eigenvalue weighted by molar-refractivity contribution is -0.128. The molecule has 6 nitrogen and oxygen atoms in total. The number of rotatable bonds is 6. The molecule has 1 aliphatic rings. The zero-order valence-electron chi connectivity index (χ0n) is 15.1. The fraction of sp³-hybridized carbons (Fsp3) is 0.300. The first-order valence-corrected chi connectivity index (χ1v) is 8.91. The molecule has 0 spiro atoms. The topological polar surface area (TPSA) is 70.7 Å². The van der Waals surface area contributed by atoms with Crippen molar-refractivity contribution in [2.45, 2.75) is 19.4 Å². The number of carbonyl (C=O) groups excluding carboxylic acids is 2. The van der Waals surface area contributed by atoms with Crippen LogP contribution >= 0.6 is 0 Å². The molecule has 1 aliphatic heterocycles. The second-order valence-corrected chi connectivity index (χ2v) is 6.27. The van der Waals surface area contributed by atoms with Crippen LogP contribution < -0.4 is 20.3 Å². The Bertz CT molecular complexity index is 828. The van der Waals surface area contributed by atoms with Crippen LogP contribution in [-0.2, 0) is 9.59 Å². The van der Waals surface area contributed by atoms with Gasteiger partial charge in [-0.15, -0.1) is 0 Å². The predicted molar refractivity (Wildman–Crippen MR) is 101 cm³/mol. The normalized spacial score (nSPS) is 15.5. The van der Waals surface area contributed by atoms with Crippen molar-refractivity contribution >= 4 is 23.2 Å². The lowest BCUT2D eigenvalue weighted by Crippen LogP contribution is -2.50. The van der Waals surface area contributed by atoms with Crippen LogP contribution in [0, 0.1) is 5.82 Å². The Morgan fingerprint density at radius 2 is 1.93 bits per heavy atom. The number of amides is 2. The molecule has 3 rings (SSSR count). The molecule has 0 saturated heterocycles. The number of halogens is 1. The van der Waals surface area contributed by atoms with E-state index in [2.05, 4.69) is 10.6 Å². The molecule has 0 saturated carbocycles. The van der Waals surface area contributed by atoms with E-state index in [0.717, 1.165) is 12.1 Å². The highest BCUT2D eigenvalue weighted by atomic mass is 19.1. The van der Waals surface area contributed by atoms with Gasteiger partial charge in [-0.3, -0.25) is 9.59 Å². The number of fused-ring (bicyclic) bond motifs is 1. The van der Waals surface area contributed by atoms with E-state index in [1.165, 1.54) is 12.1 Å². The third-order valence-corrected chi connectivity index (χ3v) is 4.19. The summed E-state index contributed by atoms with van der Waals surface area (Å²) in [6.45, 7) is 2.74. The summed E-state index contributed by atoms with van der Waals surface area (Å²) in [6, 6.07) is 13.2. The van der Waals surface area contributed by atoms with E-state index in [4.69, 9.17) is 4.74 Å². The van der Waals surface area contributed by atoms with Gasteiger partial charge in [0, 0.05) is 6.54 Å². The minimum atomic E-state index is -0.715. The highest BCUT2D eigenvalue weighted by Crippen LogP contribution is 2.33. The second-order valence-electron chi connectivity index (χ2n) is 6.27. The van der Waals surface area contributed by atoms with Crippen molar-refractivity contribution in [1.82, 2.24) is 5.32 Å². The first-order chi connectivity index (χ1) is 13.1. The Kier molecular flexibility index (Phi) is 5.90. The molecule has 2 aromatic carbocycles. The van der Waals surface area contributed by atoms with Gasteiger partial charge in [0.2, 0.25) is 5.91 Å². The van der Waals surface area contributed by atoms with Crippen molar-refractivity contribution < 1.29 is 18.7 Å². The van der Waals surface area contributed by atoms with Crippen molar-refractivity contribution in [2.24, 2.45) is 0 Å². The molecule has 27 heavy (non-hydrogen) atoms. The van der Waals surface area contributed by atoms with E-state index < -0.39 is 11.9 Å². The van der Waals surface area contributed by atoms with Crippen LogP contribution in [0.2, 0.25) is 0 Å². The van der Waals surface area contributed by atoms with Gasteiger partial charge in [-0.1, -0.05) is 31.2 Å². The summed E-state index contributed by atoms with van der Waals surface area (Å²) in [5.41, 5.74) is 0.849. The minimum absolute atomic E-state index is 0.0216. The van der Waals surface area contributed by atoms with Gasteiger partial charge in [-0.2, -0.15) is 0 Å². The lowest BCUT2D eigenvalue weighted by atomic mass is 10.1. The summed E-state index contributed by atoms with van der Waals surface area (Å²) in [5, 5.41) is 5.38. The standard InChI is InChI=1S/C20H22FN3O3/c1-2-11-22-20(26)18-12-24(16-9-5-6-10-17(16)27-18)13-19(25)23-15-8-4-3-7-14(15)21/h3-10,18H,2,11-13H2,1H3,(H,22,26)(H,23,25). The summed E-state index contributed by atoms with van der Waals surface area (Å²) < 4.78 is 19.5. The number of nitrogens with zero attached hydrogens (tertiary/aromatic N) is 1. The molecular weight excluding hydrogens is 349 g/mol. The number of anilines is 2.